The van der Waals surface area contributed by atoms with Gasteiger partial charge in [-0.25, -0.2) is 13.5 Å². The first-order valence-electron chi connectivity index (χ1n) is 13.9. The molecule has 1 aliphatic heterocycles. The van der Waals surface area contributed by atoms with Gasteiger partial charge in [0.05, 0.1) is 29.5 Å². The van der Waals surface area contributed by atoms with Crippen molar-refractivity contribution in [3.8, 4) is 22.7 Å². The van der Waals surface area contributed by atoms with Gasteiger partial charge in [-0.2, -0.15) is 5.10 Å². The Balaban J connectivity index is 1.53. The fraction of sp³-hybridized carbons (Fsp3) is 0.147. The van der Waals surface area contributed by atoms with E-state index >= 15 is 4.39 Å². The number of hydrogen-bond acceptors (Lipinski definition) is 5. The normalized spacial score (nSPS) is 14.6. The van der Waals surface area contributed by atoms with Gasteiger partial charge in [0.1, 0.15) is 29.7 Å². The second kappa shape index (κ2) is 12.7. The maximum atomic E-state index is 15.4. The summed E-state index contributed by atoms with van der Waals surface area (Å²) in [5, 5.41) is 7.15. The molecule has 222 valence electrons. The Morgan fingerprint density at radius 1 is 0.977 bits per heavy atom. The van der Waals surface area contributed by atoms with Gasteiger partial charge in [-0.1, -0.05) is 66.7 Å². The number of anilines is 1. The molecule has 10 heteroatoms. The molecule has 2 heterocycles. The van der Waals surface area contributed by atoms with Gasteiger partial charge >= 0.3 is 0 Å². The number of hydrogen-bond donors (Lipinski definition) is 1. The van der Waals surface area contributed by atoms with Crippen molar-refractivity contribution in [2.75, 3.05) is 24.3 Å². The van der Waals surface area contributed by atoms with Crippen molar-refractivity contribution in [2.24, 2.45) is 0 Å². The molecule has 0 bridgehead atoms. The third-order valence-corrected chi connectivity index (χ3v) is 8.57. The molecule has 44 heavy (non-hydrogen) atoms. The van der Waals surface area contributed by atoms with Gasteiger partial charge in [0.2, 0.25) is 11.8 Å². The van der Waals surface area contributed by atoms with Crippen molar-refractivity contribution >= 4 is 29.4 Å². The maximum absolute atomic E-state index is 15.4. The number of benzene rings is 4. The van der Waals surface area contributed by atoms with Crippen LogP contribution in [0.25, 0.3) is 16.9 Å². The van der Waals surface area contributed by atoms with Crippen molar-refractivity contribution in [3.63, 3.8) is 0 Å². The summed E-state index contributed by atoms with van der Waals surface area (Å²) < 4.78 is 36.4. The molecule has 1 aromatic heterocycles. The van der Waals surface area contributed by atoms with Gasteiger partial charge in [-0.3, -0.25) is 14.5 Å². The monoisotopic (exact) mass is 610 g/mol. The van der Waals surface area contributed by atoms with Gasteiger partial charge in [0, 0.05) is 29.3 Å². The zero-order chi connectivity index (χ0) is 30.6. The van der Waals surface area contributed by atoms with E-state index in [-0.39, 0.29) is 29.7 Å². The minimum atomic E-state index is -0.730. The number of nitrogens with one attached hydrogen (secondary N) is 1. The number of rotatable bonds is 8. The highest BCUT2D eigenvalue weighted by molar-refractivity contribution is 8.00. The molecule has 5 aromatic rings. The number of methoxy groups -OCH3 is 1. The average molecular weight is 611 g/mol. The number of nitrogens with zero attached hydrogens (tertiary/aromatic N) is 3. The topological polar surface area (TPSA) is 76.5 Å². The number of thioether (sulfide) groups is 1. The molecule has 4 aromatic carbocycles. The van der Waals surface area contributed by atoms with E-state index < -0.39 is 16.9 Å². The number of aromatic nitrogens is 2. The number of carbonyl (C=O) groups excluding carboxylic acids is 2. The number of carbonyl (C=O) groups is 2. The fourth-order valence-corrected chi connectivity index (χ4v) is 6.41. The summed E-state index contributed by atoms with van der Waals surface area (Å²) in [4.78, 5) is 28.6. The molecule has 0 fully saturated rings. The summed E-state index contributed by atoms with van der Waals surface area (Å²) in [5.74, 6) is -1.21. The molecule has 1 aliphatic rings. The Labute approximate surface area is 257 Å². The molecular weight excluding hydrogens is 582 g/mol. The number of ether oxygens (including phenoxy) is 1. The molecule has 1 atom stereocenters. The highest BCUT2D eigenvalue weighted by Gasteiger charge is 2.38. The van der Waals surface area contributed by atoms with Crippen molar-refractivity contribution < 1.29 is 23.1 Å². The van der Waals surface area contributed by atoms with E-state index in [4.69, 9.17) is 9.84 Å². The highest BCUT2D eigenvalue weighted by Crippen LogP contribution is 2.49. The Hall–Kier alpha value is -4.96. The van der Waals surface area contributed by atoms with Crippen LogP contribution in [0.15, 0.2) is 103 Å². The van der Waals surface area contributed by atoms with Gasteiger partial charge in [0.15, 0.2) is 0 Å². The molecule has 0 aliphatic carbocycles. The van der Waals surface area contributed by atoms with Gasteiger partial charge in [-0.05, 0) is 35.9 Å². The number of fused-ring (bicyclic) bond motifs is 1. The molecule has 0 radical (unpaired) electrons. The van der Waals surface area contributed by atoms with Gasteiger partial charge in [0.25, 0.3) is 0 Å². The van der Waals surface area contributed by atoms with Crippen molar-refractivity contribution in [2.45, 2.75) is 11.8 Å². The summed E-state index contributed by atoms with van der Waals surface area (Å²) in [6.07, 6.45) is 0. The Morgan fingerprint density at radius 3 is 2.36 bits per heavy atom. The molecule has 0 saturated heterocycles. The zero-order valence-electron chi connectivity index (χ0n) is 23.7. The van der Waals surface area contributed by atoms with E-state index in [2.05, 4.69) is 5.32 Å². The predicted molar refractivity (Wildman–Crippen MR) is 167 cm³/mol. The molecule has 6 rings (SSSR count). The van der Waals surface area contributed by atoms with Crippen molar-refractivity contribution in [3.05, 3.63) is 131 Å². The van der Waals surface area contributed by atoms with Crippen molar-refractivity contribution in [1.82, 2.24) is 15.1 Å². The standard InChI is InChI=1S/C34H28F2N4O3S/c1-43-26-15-13-25(14-16-26)40-34-31(32(38-40)23-10-6-3-7-11-23)33(27-17-12-24(35)18-28(27)36)44-21-30(42)39(34)20-29(41)37-19-22-8-4-2-5-9-22/h2-18,33H,19-21H2,1H3,(H,37,41). The van der Waals surface area contributed by atoms with Crippen LogP contribution < -0.4 is 15.0 Å². The second-order valence-electron chi connectivity index (χ2n) is 10.2. The number of halogens is 2. The quantitative estimate of drug-likeness (QED) is 0.223. The van der Waals surface area contributed by atoms with Crippen LogP contribution in [0, 0.1) is 11.6 Å². The van der Waals surface area contributed by atoms with Crippen LogP contribution in [0.5, 0.6) is 5.75 Å². The summed E-state index contributed by atoms with van der Waals surface area (Å²) in [5.41, 5.74) is 3.54. The first-order chi connectivity index (χ1) is 21.4. The van der Waals surface area contributed by atoms with E-state index in [1.54, 1.807) is 36.1 Å². The van der Waals surface area contributed by atoms with Gasteiger partial charge in [-0.15, -0.1) is 11.8 Å². The molecule has 1 N–H and O–H groups in total. The average Bonchev–Trinajstić information content (AvgIpc) is 3.38. The lowest BCUT2D eigenvalue weighted by Crippen LogP contribution is -2.42. The molecule has 0 saturated carbocycles. The maximum Gasteiger partial charge on any atom is 0.240 e. The van der Waals surface area contributed by atoms with Crippen molar-refractivity contribution in [1.29, 1.82) is 0 Å². The summed E-state index contributed by atoms with van der Waals surface area (Å²) >= 11 is 1.21. The third kappa shape index (κ3) is 5.93. The van der Waals surface area contributed by atoms with Crippen LogP contribution in [0.1, 0.15) is 21.9 Å². The summed E-state index contributed by atoms with van der Waals surface area (Å²) in [6.45, 7) is 0.00760. The van der Waals surface area contributed by atoms with Crippen LogP contribution >= 0.6 is 11.8 Å². The summed E-state index contributed by atoms with van der Waals surface area (Å²) in [7, 11) is 1.57. The van der Waals surface area contributed by atoms with Gasteiger partial charge < -0.3 is 10.1 Å². The Morgan fingerprint density at radius 2 is 1.68 bits per heavy atom. The Bertz CT molecular complexity index is 1800. The zero-order valence-corrected chi connectivity index (χ0v) is 24.6. The number of amides is 2. The van der Waals surface area contributed by atoms with E-state index in [0.29, 0.717) is 35.1 Å². The SMILES string of the molecule is COc1ccc(-n2nc(-c3ccccc3)c3c2N(CC(=O)NCc2ccccc2)C(=O)CSC3c2ccc(F)cc2F)cc1. The van der Waals surface area contributed by atoms with E-state index in [0.717, 1.165) is 17.2 Å². The van der Waals surface area contributed by atoms with Crippen LogP contribution in [-0.2, 0) is 16.1 Å². The van der Waals surface area contributed by atoms with Crippen LogP contribution in [-0.4, -0.2) is 41.0 Å². The summed E-state index contributed by atoms with van der Waals surface area (Å²) in [6, 6.07) is 29.4. The highest BCUT2D eigenvalue weighted by atomic mass is 32.2. The predicted octanol–water partition coefficient (Wildman–Crippen LogP) is 6.31. The largest absolute Gasteiger partial charge is 0.497 e. The third-order valence-electron chi connectivity index (χ3n) is 7.33. The van der Waals surface area contributed by atoms with E-state index in [1.807, 2.05) is 60.7 Å². The molecule has 7 nitrogen and oxygen atoms in total. The lowest BCUT2D eigenvalue weighted by atomic mass is 9.99. The lowest BCUT2D eigenvalue weighted by Gasteiger charge is -2.23. The Kier molecular flexibility index (Phi) is 8.42. The lowest BCUT2D eigenvalue weighted by molar-refractivity contribution is -0.123. The van der Waals surface area contributed by atoms with Crippen LogP contribution in [0.4, 0.5) is 14.6 Å². The molecular formula is C34H28F2N4O3S. The van der Waals surface area contributed by atoms with E-state index in [9.17, 15) is 14.0 Å². The smallest absolute Gasteiger partial charge is 0.240 e. The first kappa shape index (κ1) is 29.1. The first-order valence-corrected chi connectivity index (χ1v) is 15.0. The molecule has 1 unspecified atom stereocenters. The molecule has 0 spiro atoms. The molecule has 2 amide bonds. The van der Waals surface area contributed by atoms with Crippen LogP contribution in [0.3, 0.4) is 0 Å². The van der Waals surface area contributed by atoms with E-state index in [1.165, 1.54) is 28.8 Å². The second-order valence-corrected chi connectivity index (χ2v) is 11.3. The minimum absolute atomic E-state index is 0.0427. The fourth-order valence-electron chi connectivity index (χ4n) is 5.19. The minimum Gasteiger partial charge on any atom is -0.497 e. The van der Waals surface area contributed by atoms with Crippen LogP contribution in [0.2, 0.25) is 0 Å².